The summed E-state index contributed by atoms with van der Waals surface area (Å²) in [5.74, 6) is 0.965. The van der Waals surface area contributed by atoms with Crippen LogP contribution in [-0.2, 0) is 17.8 Å². The first-order valence-electron chi connectivity index (χ1n) is 5.71. The topological polar surface area (TPSA) is 51.6 Å². The molecule has 1 aromatic heterocycles. The van der Waals surface area contributed by atoms with E-state index in [1.54, 1.807) is 13.4 Å². The summed E-state index contributed by atoms with van der Waals surface area (Å²) in [7, 11) is 1.72. The largest absolute Gasteiger partial charge is 0.468 e. The van der Waals surface area contributed by atoms with Crippen LogP contribution in [0.4, 0.5) is 0 Å². The van der Waals surface area contributed by atoms with Crippen LogP contribution >= 0.6 is 0 Å². The lowest BCUT2D eigenvalue weighted by molar-refractivity contribution is 0.0934. The maximum Gasteiger partial charge on any atom is 0.122 e. The molecule has 0 fully saturated rings. The number of likely N-dealkylation sites (N-methyl/N-ethyl adjacent to an activating group) is 1. The van der Waals surface area contributed by atoms with Crippen molar-refractivity contribution in [2.24, 2.45) is 5.73 Å². The predicted molar refractivity (Wildman–Crippen MR) is 64.0 cm³/mol. The van der Waals surface area contributed by atoms with Gasteiger partial charge in [-0.3, -0.25) is 4.90 Å². The molecular formula is C12H22N2O2. The Balaban J connectivity index is 2.62. The summed E-state index contributed by atoms with van der Waals surface area (Å²) in [5, 5.41) is 0. The number of rotatable bonds is 7. The van der Waals surface area contributed by atoms with Crippen molar-refractivity contribution in [2.45, 2.75) is 33.0 Å². The van der Waals surface area contributed by atoms with E-state index in [-0.39, 0.29) is 0 Å². The molecule has 1 rings (SSSR count). The first kappa shape index (κ1) is 13.2. The number of ether oxygens (including phenoxy) is 1. The number of hydrogen-bond donors (Lipinski definition) is 1. The second kappa shape index (κ2) is 6.68. The molecule has 0 bridgehead atoms. The molecule has 92 valence electrons. The van der Waals surface area contributed by atoms with Crippen molar-refractivity contribution in [3.05, 3.63) is 23.7 Å². The van der Waals surface area contributed by atoms with Gasteiger partial charge in [0.25, 0.3) is 0 Å². The maximum atomic E-state index is 5.64. The molecule has 0 aliphatic carbocycles. The fourth-order valence-corrected chi connectivity index (χ4v) is 1.80. The van der Waals surface area contributed by atoms with E-state index in [4.69, 9.17) is 14.9 Å². The highest BCUT2D eigenvalue weighted by Gasteiger charge is 2.15. The molecule has 4 heteroatoms. The highest BCUT2D eigenvalue weighted by Crippen LogP contribution is 2.14. The van der Waals surface area contributed by atoms with Crippen LogP contribution in [-0.4, -0.2) is 31.2 Å². The van der Waals surface area contributed by atoms with E-state index in [1.807, 2.05) is 6.07 Å². The van der Waals surface area contributed by atoms with Gasteiger partial charge < -0.3 is 14.9 Å². The lowest BCUT2D eigenvalue weighted by atomic mass is 10.2. The van der Waals surface area contributed by atoms with Gasteiger partial charge in [-0.1, -0.05) is 6.92 Å². The first-order valence-corrected chi connectivity index (χ1v) is 5.71. The molecule has 0 saturated carbocycles. The van der Waals surface area contributed by atoms with Crippen molar-refractivity contribution in [1.82, 2.24) is 4.90 Å². The SMILES string of the molecule is CCN(Cc1occc1CN)C(C)COC. The number of nitrogens with two attached hydrogens (primary N) is 1. The van der Waals surface area contributed by atoms with Crippen molar-refractivity contribution < 1.29 is 9.15 Å². The summed E-state index contributed by atoms with van der Waals surface area (Å²) in [6.07, 6.45) is 1.70. The summed E-state index contributed by atoms with van der Waals surface area (Å²) >= 11 is 0. The number of furan rings is 1. The molecule has 0 radical (unpaired) electrons. The fraction of sp³-hybridized carbons (Fsp3) is 0.667. The average molecular weight is 226 g/mol. The molecule has 0 aliphatic rings. The molecule has 0 saturated heterocycles. The Hall–Kier alpha value is -0.840. The second-order valence-corrected chi connectivity index (χ2v) is 3.94. The van der Waals surface area contributed by atoms with Crippen LogP contribution in [0.1, 0.15) is 25.2 Å². The summed E-state index contributed by atoms with van der Waals surface area (Å²) < 4.78 is 10.6. The molecule has 2 N–H and O–H groups in total. The third kappa shape index (κ3) is 3.33. The van der Waals surface area contributed by atoms with E-state index >= 15 is 0 Å². The Kier molecular flexibility index (Phi) is 5.52. The number of methoxy groups -OCH3 is 1. The van der Waals surface area contributed by atoms with Crippen LogP contribution in [0.3, 0.4) is 0 Å². The van der Waals surface area contributed by atoms with Crippen LogP contribution in [0, 0.1) is 0 Å². The number of hydrogen-bond acceptors (Lipinski definition) is 4. The minimum absolute atomic E-state index is 0.380. The molecule has 1 atom stereocenters. The Morgan fingerprint density at radius 2 is 2.31 bits per heavy atom. The molecular weight excluding hydrogens is 204 g/mol. The van der Waals surface area contributed by atoms with Crippen molar-refractivity contribution in [3.8, 4) is 0 Å². The third-order valence-electron chi connectivity index (χ3n) is 2.84. The maximum absolute atomic E-state index is 5.64. The molecule has 0 spiro atoms. The van der Waals surface area contributed by atoms with Gasteiger partial charge in [0.15, 0.2) is 0 Å². The highest BCUT2D eigenvalue weighted by atomic mass is 16.5. The fourth-order valence-electron chi connectivity index (χ4n) is 1.80. The van der Waals surface area contributed by atoms with Crippen LogP contribution in [0.2, 0.25) is 0 Å². The lowest BCUT2D eigenvalue weighted by Gasteiger charge is -2.26. The van der Waals surface area contributed by atoms with Gasteiger partial charge in [-0.15, -0.1) is 0 Å². The average Bonchev–Trinajstić information content (AvgIpc) is 2.73. The summed E-state index contributed by atoms with van der Waals surface area (Å²) in [6.45, 7) is 7.31. The Bertz CT molecular complexity index is 299. The summed E-state index contributed by atoms with van der Waals surface area (Å²) in [5.41, 5.74) is 6.73. The zero-order chi connectivity index (χ0) is 12.0. The standard InChI is InChI=1S/C12H22N2O2/c1-4-14(10(2)9-15-3)8-12-11(7-13)5-6-16-12/h5-6,10H,4,7-9,13H2,1-3H3. The van der Waals surface area contributed by atoms with Gasteiger partial charge in [0, 0.05) is 25.3 Å². The van der Waals surface area contributed by atoms with E-state index in [0.717, 1.165) is 31.0 Å². The molecule has 0 amide bonds. The second-order valence-electron chi connectivity index (χ2n) is 3.94. The van der Waals surface area contributed by atoms with Gasteiger partial charge in [0.1, 0.15) is 5.76 Å². The van der Waals surface area contributed by atoms with Gasteiger partial charge in [-0.25, -0.2) is 0 Å². The minimum Gasteiger partial charge on any atom is -0.468 e. The molecule has 4 nitrogen and oxygen atoms in total. The Labute approximate surface area is 97.4 Å². The Morgan fingerprint density at radius 1 is 1.56 bits per heavy atom. The molecule has 0 aliphatic heterocycles. The quantitative estimate of drug-likeness (QED) is 0.767. The van der Waals surface area contributed by atoms with E-state index in [0.29, 0.717) is 12.6 Å². The van der Waals surface area contributed by atoms with Gasteiger partial charge in [-0.05, 0) is 19.5 Å². The van der Waals surface area contributed by atoms with Gasteiger partial charge >= 0.3 is 0 Å². The number of nitrogens with zero attached hydrogens (tertiary/aromatic N) is 1. The third-order valence-corrected chi connectivity index (χ3v) is 2.84. The molecule has 1 aromatic rings. The van der Waals surface area contributed by atoms with E-state index in [2.05, 4.69) is 18.7 Å². The lowest BCUT2D eigenvalue weighted by Crippen LogP contribution is -2.35. The van der Waals surface area contributed by atoms with Crippen LogP contribution in [0.25, 0.3) is 0 Å². The van der Waals surface area contributed by atoms with Gasteiger partial charge in [0.05, 0.1) is 19.4 Å². The predicted octanol–water partition coefficient (Wildman–Crippen LogP) is 1.60. The first-order chi connectivity index (χ1) is 7.72. The molecule has 1 unspecified atom stereocenters. The van der Waals surface area contributed by atoms with E-state index < -0.39 is 0 Å². The van der Waals surface area contributed by atoms with Crippen molar-refractivity contribution in [1.29, 1.82) is 0 Å². The Morgan fingerprint density at radius 3 is 2.88 bits per heavy atom. The molecule has 16 heavy (non-hydrogen) atoms. The van der Waals surface area contributed by atoms with Gasteiger partial charge in [-0.2, -0.15) is 0 Å². The smallest absolute Gasteiger partial charge is 0.122 e. The monoisotopic (exact) mass is 226 g/mol. The van der Waals surface area contributed by atoms with E-state index in [1.165, 1.54) is 0 Å². The van der Waals surface area contributed by atoms with Crippen molar-refractivity contribution in [2.75, 3.05) is 20.3 Å². The van der Waals surface area contributed by atoms with Crippen molar-refractivity contribution in [3.63, 3.8) is 0 Å². The van der Waals surface area contributed by atoms with Gasteiger partial charge in [0.2, 0.25) is 0 Å². The highest BCUT2D eigenvalue weighted by molar-refractivity contribution is 5.16. The minimum atomic E-state index is 0.380. The van der Waals surface area contributed by atoms with Crippen LogP contribution in [0.5, 0.6) is 0 Å². The molecule has 1 heterocycles. The van der Waals surface area contributed by atoms with Crippen LogP contribution in [0.15, 0.2) is 16.7 Å². The van der Waals surface area contributed by atoms with Crippen molar-refractivity contribution >= 4 is 0 Å². The summed E-state index contributed by atoms with van der Waals surface area (Å²) in [6, 6.07) is 2.31. The summed E-state index contributed by atoms with van der Waals surface area (Å²) in [4.78, 5) is 2.31. The molecule has 0 aromatic carbocycles. The van der Waals surface area contributed by atoms with E-state index in [9.17, 15) is 0 Å². The zero-order valence-corrected chi connectivity index (χ0v) is 10.4. The zero-order valence-electron chi connectivity index (χ0n) is 10.4. The normalized spacial score (nSPS) is 13.3. The van der Waals surface area contributed by atoms with Crippen LogP contribution < -0.4 is 5.73 Å².